The zero-order valence-corrected chi connectivity index (χ0v) is 8.68. The predicted molar refractivity (Wildman–Crippen MR) is 59.7 cm³/mol. The summed E-state index contributed by atoms with van der Waals surface area (Å²) in [5.41, 5.74) is 2.35. The van der Waals surface area contributed by atoms with Gasteiger partial charge in [-0.1, -0.05) is 30.4 Å². The minimum absolute atomic E-state index is 0.106. The highest BCUT2D eigenvalue weighted by Gasteiger charge is 2.03. The quantitative estimate of drug-likeness (QED) is 0.631. The molecule has 0 aromatic heterocycles. The van der Waals surface area contributed by atoms with Crippen molar-refractivity contribution in [3.8, 4) is 0 Å². The van der Waals surface area contributed by atoms with E-state index in [-0.39, 0.29) is 5.82 Å². The Hall–Kier alpha value is -1.37. The Morgan fingerprint density at radius 1 is 1.36 bits per heavy atom. The molecule has 0 unspecified atom stereocenters. The van der Waals surface area contributed by atoms with Crippen LogP contribution in [0.1, 0.15) is 23.1 Å². The summed E-state index contributed by atoms with van der Waals surface area (Å²) in [5.74, 6) is -0.106. The molecule has 0 saturated heterocycles. The standard InChI is InChI=1S/C13H15F/c1-4-5-6-7-12-9-8-10(2)13(14)11(12)3/h4,6-9H,1,5H2,2-3H3/b7-6-. The summed E-state index contributed by atoms with van der Waals surface area (Å²) < 4.78 is 13.4. The zero-order chi connectivity index (χ0) is 10.6. The topological polar surface area (TPSA) is 0 Å². The minimum atomic E-state index is -0.106. The van der Waals surface area contributed by atoms with Crippen molar-refractivity contribution in [1.82, 2.24) is 0 Å². The lowest BCUT2D eigenvalue weighted by molar-refractivity contribution is 0.609. The number of halogens is 1. The van der Waals surface area contributed by atoms with Crippen molar-refractivity contribution >= 4 is 6.08 Å². The average molecular weight is 190 g/mol. The Labute approximate surface area is 84.8 Å². The zero-order valence-electron chi connectivity index (χ0n) is 8.68. The number of hydrogen-bond acceptors (Lipinski definition) is 0. The number of hydrogen-bond donors (Lipinski definition) is 0. The van der Waals surface area contributed by atoms with E-state index in [1.807, 2.05) is 24.3 Å². The first kappa shape index (κ1) is 10.7. The van der Waals surface area contributed by atoms with Crippen molar-refractivity contribution in [3.05, 3.63) is 53.4 Å². The van der Waals surface area contributed by atoms with E-state index in [1.165, 1.54) is 0 Å². The van der Waals surface area contributed by atoms with E-state index in [9.17, 15) is 4.39 Å². The molecule has 0 aliphatic rings. The third-order valence-corrected chi connectivity index (χ3v) is 2.22. The molecule has 0 aliphatic carbocycles. The van der Waals surface area contributed by atoms with Gasteiger partial charge in [0.2, 0.25) is 0 Å². The highest BCUT2D eigenvalue weighted by atomic mass is 19.1. The summed E-state index contributed by atoms with van der Waals surface area (Å²) in [4.78, 5) is 0. The fraction of sp³-hybridized carbons (Fsp3) is 0.231. The van der Waals surface area contributed by atoms with Gasteiger partial charge >= 0.3 is 0 Å². The summed E-state index contributed by atoms with van der Waals surface area (Å²) in [5, 5.41) is 0. The Balaban J connectivity index is 2.99. The van der Waals surface area contributed by atoms with Crippen LogP contribution in [0, 0.1) is 19.7 Å². The third-order valence-electron chi connectivity index (χ3n) is 2.22. The Morgan fingerprint density at radius 3 is 2.71 bits per heavy atom. The lowest BCUT2D eigenvalue weighted by Gasteiger charge is -2.04. The molecule has 1 heteroatoms. The van der Waals surface area contributed by atoms with Crippen LogP contribution in [-0.2, 0) is 0 Å². The van der Waals surface area contributed by atoms with Crippen molar-refractivity contribution in [2.45, 2.75) is 20.3 Å². The summed E-state index contributed by atoms with van der Waals surface area (Å²) in [7, 11) is 0. The van der Waals surface area contributed by atoms with Gasteiger partial charge in [-0.3, -0.25) is 0 Å². The SMILES string of the molecule is C=CC/C=C\c1ccc(C)c(F)c1C. The molecule has 0 fully saturated rings. The normalized spacial score (nSPS) is 10.8. The Morgan fingerprint density at radius 2 is 2.07 bits per heavy atom. The maximum absolute atomic E-state index is 13.4. The van der Waals surface area contributed by atoms with Gasteiger partial charge in [0.25, 0.3) is 0 Å². The molecule has 0 spiro atoms. The summed E-state index contributed by atoms with van der Waals surface area (Å²) in [6.07, 6.45) is 6.54. The van der Waals surface area contributed by atoms with E-state index in [0.717, 1.165) is 12.0 Å². The van der Waals surface area contributed by atoms with Gasteiger partial charge < -0.3 is 0 Å². The van der Waals surface area contributed by atoms with Gasteiger partial charge in [-0.15, -0.1) is 6.58 Å². The van der Waals surface area contributed by atoms with Gasteiger partial charge in [0.1, 0.15) is 5.82 Å². The van der Waals surface area contributed by atoms with Crippen molar-refractivity contribution < 1.29 is 4.39 Å². The van der Waals surface area contributed by atoms with Gasteiger partial charge in [-0.2, -0.15) is 0 Å². The number of rotatable bonds is 3. The van der Waals surface area contributed by atoms with Crippen molar-refractivity contribution in [3.63, 3.8) is 0 Å². The fourth-order valence-corrected chi connectivity index (χ4v) is 1.31. The van der Waals surface area contributed by atoms with Gasteiger partial charge in [0.05, 0.1) is 0 Å². The average Bonchev–Trinajstić information content (AvgIpc) is 2.18. The van der Waals surface area contributed by atoms with Gasteiger partial charge in [-0.05, 0) is 37.0 Å². The molecule has 1 rings (SSSR count). The predicted octanol–water partition coefficient (Wildman–Crippen LogP) is 4.03. The molecule has 0 heterocycles. The van der Waals surface area contributed by atoms with Crippen LogP contribution in [0.4, 0.5) is 4.39 Å². The van der Waals surface area contributed by atoms with Crippen molar-refractivity contribution in [1.29, 1.82) is 0 Å². The molecule has 0 amide bonds. The van der Waals surface area contributed by atoms with E-state index in [1.54, 1.807) is 19.9 Å². The van der Waals surface area contributed by atoms with Crippen LogP contribution < -0.4 is 0 Å². The summed E-state index contributed by atoms with van der Waals surface area (Å²) in [6, 6.07) is 3.74. The summed E-state index contributed by atoms with van der Waals surface area (Å²) >= 11 is 0. The first-order valence-electron chi connectivity index (χ1n) is 4.70. The Kier molecular flexibility index (Phi) is 3.63. The maximum atomic E-state index is 13.4. The number of allylic oxidation sites excluding steroid dienone is 2. The lowest BCUT2D eigenvalue weighted by Crippen LogP contribution is -1.90. The molecular weight excluding hydrogens is 175 g/mol. The van der Waals surface area contributed by atoms with Crippen molar-refractivity contribution in [2.75, 3.05) is 0 Å². The largest absolute Gasteiger partial charge is 0.206 e. The fourth-order valence-electron chi connectivity index (χ4n) is 1.31. The second kappa shape index (κ2) is 4.75. The van der Waals surface area contributed by atoms with Gasteiger partial charge in [0, 0.05) is 0 Å². The van der Waals surface area contributed by atoms with E-state index < -0.39 is 0 Å². The first-order chi connectivity index (χ1) is 6.66. The molecule has 74 valence electrons. The second-order valence-electron chi connectivity index (χ2n) is 3.34. The molecule has 0 radical (unpaired) electrons. The first-order valence-corrected chi connectivity index (χ1v) is 4.70. The number of aryl methyl sites for hydroxylation is 1. The monoisotopic (exact) mass is 190 g/mol. The van der Waals surface area contributed by atoms with Crippen LogP contribution in [0.3, 0.4) is 0 Å². The third kappa shape index (κ3) is 2.32. The molecule has 0 bridgehead atoms. The van der Waals surface area contributed by atoms with Crippen LogP contribution in [0.15, 0.2) is 30.9 Å². The molecule has 0 aliphatic heterocycles. The van der Waals surface area contributed by atoms with Crippen LogP contribution in [-0.4, -0.2) is 0 Å². The second-order valence-corrected chi connectivity index (χ2v) is 3.34. The Bertz CT molecular complexity index is 362. The highest BCUT2D eigenvalue weighted by molar-refractivity contribution is 5.54. The molecule has 1 aromatic carbocycles. The van der Waals surface area contributed by atoms with Gasteiger partial charge in [0.15, 0.2) is 0 Å². The molecular formula is C13H15F. The van der Waals surface area contributed by atoms with E-state index >= 15 is 0 Å². The van der Waals surface area contributed by atoms with Crippen LogP contribution in [0.25, 0.3) is 6.08 Å². The van der Waals surface area contributed by atoms with Gasteiger partial charge in [-0.25, -0.2) is 4.39 Å². The molecule has 14 heavy (non-hydrogen) atoms. The lowest BCUT2D eigenvalue weighted by atomic mass is 10.0. The van der Waals surface area contributed by atoms with Crippen molar-refractivity contribution in [2.24, 2.45) is 0 Å². The minimum Gasteiger partial charge on any atom is -0.206 e. The molecule has 1 aromatic rings. The molecule has 0 atom stereocenters. The smallest absolute Gasteiger partial charge is 0.129 e. The van der Waals surface area contributed by atoms with E-state index in [0.29, 0.717) is 11.1 Å². The number of benzene rings is 1. The van der Waals surface area contributed by atoms with Crippen LogP contribution >= 0.6 is 0 Å². The summed E-state index contributed by atoms with van der Waals surface area (Å²) in [6.45, 7) is 7.20. The van der Waals surface area contributed by atoms with Crippen LogP contribution in [0.5, 0.6) is 0 Å². The van der Waals surface area contributed by atoms with E-state index in [4.69, 9.17) is 0 Å². The molecule has 0 saturated carbocycles. The maximum Gasteiger partial charge on any atom is 0.129 e. The molecule has 0 nitrogen and oxygen atoms in total. The highest BCUT2D eigenvalue weighted by Crippen LogP contribution is 2.17. The molecule has 0 N–H and O–H groups in total. The van der Waals surface area contributed by atoms with Crippen LogP contribution in [0.2, 0.25) is 0 Å². The van der Waals surface area contributed by atoms with E-state index in [2.05, 4.69) is 6.58 Å².